The Kier molecular flexibility index (Phi) is 5.80. The van der Waals surface area contributed by atoms with Gasteiger partial charge in [-0.2, -0.15) is 0 Å². The van der Waals surface area contributed by atoms with E-state index in [1.807, 2.05) is 35.2 Å². The first-order chi connectivity index (χ1) is 10.6. The number of rotatable bonds is 3. The number of amides is 1. The molecule has 0 spiro atoms. The van der Waals surface area contributed by atoms with Crippen molar-refractivity contribution in [2.24, 2.45) is 5.73 Å². The highest BCUT2D eigenvalue weighted by Gasteiger charge is 2.24. The van der Waals surface area contributed by atoms with Gasteiger partial charge in [0.2, 0.25) is 5.91 Å². The van der Waals surface area contributed by atoms with Gasteiger partial charge >= 0.3 is 0 Å². The quantitative estimate of drug-likeness (QED) is 0.930. The zero-order chi connectivity index (χ0) is 15.5. The summed E-state index contributed by atoms with van der Waals surface area (Å²) < 4.78 is 0. The van der Waals surface area contributed by atoms with E-state index in [0.29, 0.717) is 6.42 Å². The molecule has 2 N–H and O–H groups in total. The van der Waals surface area contributed by atoms with Crippen molar-refractivity contribution < 1.29 is 4.79 Å². The molecule has 0 aliphatic carbocycles. The summed E-state index contributed by atoms with van der Waals surface area (Å²) >= 11 is 0. The van der Waals surface area contributed by atoms with Gasteiger partial charge in [0.15, 0.2) is 0 Å². The molecule has 1 unspecified atom stereocenters. The van der Waals surface area contributed by atoms with E-state index in [4.69, 9.17) is 5.73 Å². The van der Waals surface area contributed by atoms with Crippen LogP contribution < -0.4 is 10.6 Å². The number of nitrogens with zero attached hydrogens (tertiary/aromatic N) is 1. The van der Waals surface area contributed by atoms with Gasteiger partial charge in [0.25, 0.3) is 0 Å². The topological polar surface area (TPSA) is 46.3 Å². The van der Waals surface area contributed by atoms with Crippen LogP contribution in [0.5, 0.6) is 0 Å². The maximum Gasteiger partial charge on any atom is 0.228 e. The highest BCUT2D eigenvalue weighted by molar-refractivity contribution is 5.95. The fourth-order valence-electron chi connectivity index (χ4n) is 3.10. The average molecular weight is 331 g/mol. The molecule has 0 fully saturated rings. The molecule has 0 aromatic heterocycles. The second-order valence-corrected chi connectivity index (χ2v) is 6.00. The number of halogens is 1. The number of nitrogens with two attached hydrogens (primary N) is 1. The summed E-state index contributed by atoms with van der Waals surface area (Å²) in [5.74, 6) is 0.112. The van der Waals surface area contributed by atoms with Crippen molar-refractivity contribution in [3.63, 3.8) is 0 Å². The third-order valence-electron chi connectivity index (χ3n) is 4.28. The lowest BCUT2D eigenvalue weighted by Gasteiger charge is -2.30. The zero-order valence-corrected chi connectivity index (χ0v) is 14.2. The van der Waals surface area contributed by atoms with Crippen LogP contribution in [0.4, 0.5) is 5.69 Å². The standard InChI is InChI=1S/C19H22N2O.ClH/c1-14-9-10-18-16(12-14)8-5-11-21(18)19(22)13-17(20)15-6-3-2-4-7-15;/h2-4,6-7,9-10,12,17H,5,8,11,13,20H2,1H3;1H. The number of benzene rings is 2. The molecule has 0 saturated carbocycles. The Balaban J connectivity index is 0.00000192. The van der Waals surface area contributed by atoms with Crippen molar-refractivity contribution in [3.8, 4) is 0 Å². The predicted molar refractivity (Wildman–Crippen MR) is 97.1 cm³/mol. The SMILES string of the molecule is Cc1ccc2c(c1)CCCN2C(=O)CC(N)c1ccccc1.Cl. The van der Waals surface area contributed by atoms with E-state index >= 15 is 0 Å². The van der Waals surface area contributed by atoms with Crippen molar-refractivity contribution in [2.45, 2.75) is 32.2 Å². The monoisotopic (exact) mass is 330 g/mol. The molecule has 1 aliphatic rings. The maximum absolute atomic E-state index is 12.7. The Labute approximate surface area is 143 Å². The minimum atomic E-state index is -0.246. The molecule has 23 heavy (non-hydrogen) atoms. The lowest BCUT2D eigenvalue weighted by atomic mass is 9.98. The van der Waals surface area contributed by atoms with Gasteiger partial charge in [-0.25, -0.2) is 0 Å². The highest BCUT2D eigenvalue weighted by Crippen LogP contribution is 2.29. The van der Waals surface area contributed by atoms with Gasteiger partial charge in [0, 0.05) is 24.7 Å². The van der Waals surface area contributed by atoms with Gasteiger partial charge in [0.1, 0.15) is 0 Å². The minimum Gasteiger partial charge on any atom is -0.324 e. The van der Waals surface area contributed by atoms with Crippen LogP contribution in [0, 0.1) is 6.92 Å². The van der Waals surface area contributed by atoms with E-state index < -0.39 is 0 Å². The van der Waals surface area contributed by atoms with E-state index in [1.165, 1.54) is 11.1 Å². The number of hydrogen-bond acceptors (Lipinski definition) is 2. The maximum atomic E-state index is 12.7. The molecule has 122 valence electrons. The molecule has 3 nitrogen and oxygen atoms in total. The first-order valence-electron chi connectivity index (χ1n) is 7.85. The summed E-state index contributed by atoms with van der Waals surface area (Å²) in [5.41, 5.74) is 10.8. The number of hydrogen-bond donors (Lipinski definition) is 1. The largest absolute Gasteiger partial charge is 0.324 e. The minimum absolute atomic E-state index is 0. The molecule has 0 bridgehead atoms. The van der Waals surface area contributed by atoms with Crippen LogP contribution in [0.25, 0.3) is 0 Å². The highest BCUT2D eigenvalue weighted by atomic mass is 35.5. The van der Waals surface area contributed by atoms with Crippen LogP contribution in [0.15, 0.2) is 48.5 Å². The molecule has 0 saturated heterocycles. The first kappa shape index (κ1) is 17.5. The molecule has 1 amide bonds. The summed E-state index contributed by atoms with van der Waals surface area (Å²) in [6.45, 7) is 2.88. The van der Waals surface area contributed by atoms with E-state index in [9.17, 15) is 4.79 Å². The van der Waals surface area contributed by atoms with Crippen molar-refractivity contribution in [1.82, 2.24) is 0 Å². The van der Waals surface area contributed by atoms with Crippen molar-refractivity contribution in [1.29, 1.82) is 0 Å². The second kappa shape index (κ2) is 7.62. The van der Waals surface area contributed by atoms with E-state index in [1.54, 1.807) is 0 Å². The number of aryl methyl sites for hydroxylation is 2. The summed E-state index contributed by atoms with van der Waals surface area (Å²) in [4.78, 5) is 14.6. The van der Waals surface area contributed by atoms with Gasteiger partial charge in [0.05, 0.1) is 0 Å². The van der Waals surface area contributed by atoms with Crippen LogP contribution >= 0.6 is 12.4 Å². The lowest BCUT2D eigenvalue weighted by molar-refractivity contribution is -0.119. The first-order valence-corrected chi connectivity index (χ1v) is 7.85. The summed E-state index contributed by atoms with van der Waals surface area (Å²) in [5, 5.41) is 0. The molecular formula is C19H23ClN2O. The Bertz CT molecular complexity index is 672. The van der Waals surface area contributed by atoms with Crippen LogP contribution in [-0.4, -0.2) is 12.5 Å². The Morgan fingerprint density at radius 2 is 1.96 bits per heavy atom. The van der Waals surface area contributed by atoms with Crippen molar-refractivity contribution >= 4 is 24.0 Å². The molecule has 1 atom stereocenters. The molecule has 2 aromatic rings. The second-order valence-electron chi connectivity index (χ2n) is 6.00. The van der Waals surface area contributed by atoms with E-state index in [2.05, 4.69) is 25.1 Å². The molecule has 2 aromatic carbocycles. The molecule has 3 rings (SSSR count). The number of fused-ring (bicyclic) bond motifs is 1. The normalized spacial score (nSPS) is 14.6. The smallest absolute Gasteiger partial charge is 0.228 e. The molecule has 1 aliphatic heterocycles. The molecule has 1 heterocycles. The van der Waals surface area contributed by atoms with Crippen LogP contribution in [-0.2, 0) is 11.2 Å². The van der Waals surface area contributed by atoms with Gasteiger partial charge < -0.3 is 10.6 Å². The number of carbonyl (C=O) groups excluding carboxylic acids is 1. The third kappa shape index (κ3) is 3.92. The predicted octanol–water partition coefficient (Wildman–Crippen LogP) is 3.79. The van der Waals surface area contributed by atoms with Gasteiger partial charge in [-0.15, -0.1) is 12.4 Å². The van der Waals surface area contributed by atoms with Gasteiger partial charge in [-0.3, -0.25) is 4.79 Å². The van der Waals surface area contributed by atoms with E-state index in [-0.39, 0.29) is 24.4 Å². The summed E-state index contributed by atoms with van der Waals surface area (Å²) in [6.07, 6.45) is 2.41. The number of anilines is 1. The molecule has 4 heteroatoms. The third-order valence-corrected chi connectivity index (χ3v) is 4.28. The fraction of sp³-hybridized carbons (Fsp3) is 0.316. The summed E-state index contributed by atoms with van der Waals surface area (Å²) in [6, 6.07) is 15.9. The fourth-order valence-corrected chi connectivity index (χ4v) is 3.10. The van der Waals surface area contributed by atoms with Crippen molar-refractivity contribution in [2.75, 3.05) is 11.4 Å². The Hall–Kier alpha value is -1.84. The van der Waals surface area contributed by atoms with Crippen molar-refractivity contribution in [3.05, 3.63) is 65.2 Å². The van der Waals surface area contributed by atoms with Gasteiger partial charge in [-0.1, -0.05) is 48.0 Å². The Morgan fingerprint density at radius 1 is 1.22 bits per heavy atom. The number of carbonyl (C=O) groups is 1. The van der Waals surface area contributed by atoms with Gasteiger partial charge in [-0.05, 0) is 37.0 Å². The van der Waals surface area contributed by atoms with Crippen LogP contribution in [0.1, 0.15) is 35.6 Å². The molecule has 0 radical (unpaired) electrons. The van der Waals surface area contributed by atoms with Crippen LogP contribution in [0.2, 0.25) is 0 Å². The summed E-state index contributed by atoms with van der Waals surface area (Å²) in [7, 11) is 0. The zero-order valence-electron chi connectivity index (χ0n) is 13.4. The lowest BCUT2D eigenvalue weighted by Crippen LogP contribution is -2.37. The average Bonchev–Trinajstić information content (AvgIpc) is 2.54. The van der Waals surface area contributed by atoms with Crippen LogP contribution in [0.3, 0.4) is 0 Å². The molecular weight excluding hydrogens is 308 g/mol. The Morgan fingerprint density at radius 3 is 2.70 bits per heavy atom. The van der Waals surface area contributed by atoms with E-state index in [0.717, 1.165) is 30.6 Å².